The number of thioether (sulfide) groups is 1. The Morgan fingerprint density at radius 3 is 2.35 bits per heavy atom. The number of fused-ring (bicyclic) bond motifs is 3. The van der Waals surface area contributed by atoms with Gasteiger partial charge in [-0.1, -0.05) is 48.5 Å². The van der Waals surface area contributed by atoms with E-state index >= 15 is 0 Å². The van der Waals surface area contributed by atoms with Crippen LogP contribution < -0.4 is 5.32 Å². The number of carbonyl (C=O) groups excluding carboxylic acids is 2. The van der Waals surface area contributed by atoms with Gasteiger partial charge in [-0.25, -0.2) is 9.59 Å². The number of hydrogen-bond acceptors (Lipinski definition) is 5. The number of nitrogens with one attached hydrogen (secondary N) is 1. The summed E-state index contributed by atoms with van der Waals surface area (Å²) < 4.78 is 5.62. The SMILES string of the molecule is CSCC[C@@H](NC(=O)OCC1c2ccccc2-c2ccccc21)C(=O)N1CCCCC1C(=O)O. The number of ether oxygens (including phenoxy) is 1. The highest BCUT2D eigenvalue weighted by molar-refractivity contribution is 7.98. The van der Waals surface area contributed by atoms with Gasteiger partial charge in [-0.3, -0.25) is 4.79 Å². The van der Waals surface area contributed by atoms with Crippen LogP contribution in [-0.4, -0.2) is 65.2 Å². The molecule has 1 fully saturated rings. The molecule has 4 rings (SSSR count). The molecule has 2 atom stereocenters. The Morgan fingerprint density at radius 1 is 1.09 bits per heavy atom. The lowest BCUT2D eigenvalue weighted by Gasteiger charge is -2.35. The van der Waals surface area contributed by atoms with E-state index in [0.29, 0.717) is 25.1 Å². The number of benzene rings is 2. The smallest absolute Gasteiger partial charge is 0.407 e. The van der Waals surface area contributed by atoms with Crippen molar-refractivity contribution in [3.63, 3.8) is 0 Å². The fourth-order valence-corrected chi connectivity index (χ4v) is 5.40. The van der Waals surface area contributed by atoms with Crippen LogP contribution in [0.3, 0.4) is 0 Å². The Kier molecular flexibility index (Phi) is 7.77. The number of carboxylic acid groups (broad SMARTS) is 1. The van der Waals surface area contributed by atoms with Crippen molar-refractivity contribution in [1.29, 1.82) is 0 Å². The fourth-order valence-electron chi connectivity index (χ4n) is 4.93. The first-order valence-electron chi connectivity index (χ1n) is 11.6. The summed E-state index contributed by atoms with van der Waals surface area (Å²) in [6.07, 6.45) is 3.64. The zero-order chi connectivity index (χ0) is 24.1. The number of likely N-dealkylation sites (tertiary alicyclic amines) is 1. The first kappa shape index (κ1) is 24.1. The van der Waals surface area contributed by atoms with Crippen LogP contribution in [0.5, 0.6) is 0 Å². The third kappa shape index (κ3) is 5.06. The van der Waals surface area contributed by atoms with Gasteiger partial charge in [0.2, 0.25) is 5.91 Å². The van der Waals surface area contributed by atoms with Crippen LogP contribution in [0, 0.1) is 0 Å². The Balaban J connectivity index is 1.44. The number of nitrogens with zero attached hydrogens (tertiary/aromatic N) is 1. The normalized spacial score (nSPS) is 18.0. The van der Waals surface area contributed by atoms with Crippen molar-refractivity contribution in [3.8, 4) is 11.1 Å². The third-order valence-corrected chi connectivity index (χ3v) is 7.26. The predicted molar refractivity (Wildman–Crippen MR) is 132 cm³/mol. The second kappa shape index (κ2) is 11.0. The Hall–Kier alpha value is -3.00. The minimum atomic E-state index is -1.00. The van der Waals surface area contributed by atoms with Crippen LogP contribution in [0.2, 0.25) is 0 Å². The average molecular weight is 483 g/mol. The van der Waals surface area contributed by atoms with Gasteiger partial charge in [0.25, 0.3) is 0 Å². The van der Waals surface area contributed by atoms with Crippen LogP contribution >= 0.6 is 11.8 Å². The van der Waals surface area contributed by atoms with E-state index < -0.39 is 24.1 Å². The molecule has 7 nitrogen and oxygen atoms in total. The molecular formula is C26H30N2O5S. The molecule has 0 aromatic heterocycles. The number of carbonyl (C=O) groups is 3. The lowest BCUT2D eigenvalue weighted by molar-refractivity contribution is -0.152. The van der Waals surface area contributed by atoms with Gasteiger partial charge < -0.3 is 20.1 Å². The second-order valence-corrected chi connectivity index (χ2v) is 9.67. The minimum absolute atomic E-state index is 0.0722. The van der Waals surface area contributed by atoms with E-state index in [1.165, 1.54) is 4.90 Å². The summed E-state index contributed by atoms with van der Waals surface area (Å²) in [5.74, 6) is -0.768. The molecule has 1 saturated heterocycles. The highest BCUT2D eigenvalue weighted by atomic mass is 32.2. The van der Waals surface area contributed by atoms with Crippen molar-refractivity contribution in [3.05, 3.63) is 59.7 Å². The Bertz CT molecular complexity index is 1010. The zero-order valence-corrected chi connectivity index (χ0v) is 20.1. The van der Waals surface area contributed by atoms with E-state index in [9.17, 15) is 19.5 Å². The lowest BCUT2D eigenvalue weighted by atomic mass is 9.98. The highest BCUT2D eigenvalue weighted by Gasteiger charge is 2.36. The summed E-state index contributed by atoms with van der Waals surface area (Å²) in [5, 5.41) is 12.3. The van der Waals surface area contributed by atoms with E-state index in [1.807, 2.05) is 30.5 Å². The number of amides is 2. The average Bonchev–Trinajstić information content (AvgIpc) is 3.18. The first-order valence-corrected chi connectivity index (χ1v) is 13.0. The van der Waals surface area contributed by atoms with Gasteiger partial charge in [-0.2, -0.15) is 11.8 Å². The molecule has 1 heterocycles. The molecule has 2 amide bonds. The summed E-state index contributed by atoms with van der Waals surface area (Å²) in [6, 6.07) is 14.5. The van der Waals surface area contributed by atoms with Crippen molar-refractivity contribution >= 4 is 29.7 Å². The molecule has 1 unspecified atom stereocenters. The molecule has 0 saturated carbocycles. The van der Waals surface area contributed by atoms with E-state index in [0.717, 1.165) is 35.1 Å². The van der Waals surface area contributed by atoms with Gasteiger partial charge in [-0.15, -0.1) is 0 Å². The lowest BCUT2D eigenvalue weighted by Crippen LogP contribution is -2.55. The van der Waals surface area contributed by atoms with Crippen LogP contribution in [0.4, 0.5) is 4.79 Å². The van der Waals surface area contributed by atoms with Crippen LogP contribution in [0.25, 0.3) is 11.1 Å². The highest BCUT2D eigenvalue weighted by Crippen LogP contribution is 2.44. The quantitative estimate of drug-likeness (QED) is 0.588. The van der Waals surface area contributed by atoms with Gasteiger partial charge in [0.1, 0.15) is 18.7 Å². The van der Waals surface area contributed by atoms with Gasteiger partial charge in [0, 0.05) is 12.5 Å². The number of hydrogen-bond donors (Lipinski definition) is 2. The largest absolute Gasteiger partial charge is 0.480 e. The third-order valence-electron chi connectivity index (χ3n) is 6.62. The van der Waals surface area contributed by atoms with Crippen LogP contribution in [-0.2, 0) is 14.3 Å². The Labute approximate surface area is 203 Å². The van der Waals surface area contributed by atoms with E-state index in [1.54, 1.807) is 11.8 Å². The summed E-state index contributed by atoms with van der Waals surface area (Å²) in [4.78, 5) is 39.1. The molecule has 0 spiro atoms. The zero-order valence-electron chi connectivity index (χ0n) is 19.2. The van der Waals surface area contributed by atoms with Crippen molar-refractivity contribution in [1.82, 2.24) is 10.2 Å². The Morgan fingerprint density at radius 2 is 1.74 bits per heavy atom. The molecule has 1 aliphatic carbocycles. The minimum Gasteiger partial charge on any atom is -0.480 e. The maximum atomic E-state index is 13.2. The number of piperidine rings is 1. The monoisotopic (exact) mass is 482 g/mol. The maximum Gasteiger partial charge on any atom is 0.407 e. The van der Waals surface area contributed by atoms with E-state index in [-0.39, 0.29) is 18.4 Å². The fraction of sp³-hybridized carbons (Fsp3) is 0.423. The molecule has 2 aliphatic rings. The molecule has 1 aliphatic heterocycles. The molecular weight excluding hydrogens is 452 g/mol. The van der Waals surface area contributed by atoms with Gasteiger partial charge >= 0.3 is 12.1 Å². The van der Waals surface area contributed by atoms with Gasteiger partial charge in [0.15, 0.2) is 0 Å². The predicted octanol–water partition coefficient (Wildman–Crippen LogP) is 4.11. The van der Waals surface area contributed by atoms with E-state index in [2.05, 4.69) is 29.6 Å². The standard InChI is InChI=1S/C26H30N2O5S/c1-34-15-13-22(24(29)28-14-7-6-12-23(28)25(30)31)27-26(32)33-16-21-19-10-4-2-8-17(19)18-9-3-5-11-20(18)21/h2-5,8-11,21-23H,6-7,12-16H2,1H3,(H,27,32)(H,30,31)/t22-,23?/m1/s1. The van der Waals surface area contributed by atoms with Gasteiger partial charge in [-0.05, 0) is 59.9 Å². The molecule has 34 heavy (non-hydrogen) atoms. The summed E-state index contributed by atoms with van der Waals surface area (Å²) >= 11 is 1.57. The summed E-state index contributed by atoms with van der Waals surface area (Å²) in [7, 11) is 0. The summed E-state index contributed by atoms with van der Waals surface area (Å²) in [5.41, 5.74) is 4.52. The molecule has 2 aromatic rings. The number of rotatable bonds is 8. The number of carboxylic acids is 1. The number of alkyl carbamates (subject to hydrolysis) is 1. The van der Waals surface area contributed by atoms with Crippen molar-refractivity contribution in [2.45, 2.75) is 43.7 Å². The first-order chi connectivity index (χ1) is 16.5. The van der Waals surface area contributed by atoms with E-state index in [4.69, 9.17) is 4.74 Å². The second-order valence-electron chi connectivity index (χ2n) is 8.69. The molecule has 0 bridgehead atoms. The summed E-state index contributed by atoms with van der Waals surface area (Å²) in [6.45, 7) is 0.544. The van der Waals surface area contributed by atoms with Crippen molar-refractivity contribution in [2.75, 3.05) is 25.2 Å². The molecule has 180 valence electrons. The van der Waals surface area contributed by atoms with Crippen LogP contribution in [0.1, 0.15) is 42.7 Å². The van der Waals surface area contributed by atoms with Crippen molar-refractivity contribution < 1.29 is 24.2 Å². The molecule has 2 aromatic carbocycles. The molecule has 0 radical (unpaired) electrons. The van der Waals surface area contributed by atoms with Gasteiger partial charge in [0.05, 0.1) is 0 Å². The maximum absolute atomic E-state index is 13.2. The van der Waals surface area contributed by atoms with Crippen molar-refractivity contribution in [2.24, 2.45) is 0 Å². The molecule has 8 heteroatoms. The molecule has 2 N–H and O–H groups in total. The topological polar surface area (TPSA) is 95.9 Å². The van der Waals surface area contributed by atoms with Crippen LogP contribution in [0.15, 0.2) is 48.5 Å². The number of aliphatic carboxylic acids is 1.